The smallest absolute Gasteiger partial charge is 0.295 e. The Kier molecular flexibility index (Phi) is 26.0. The number of ether oxygens (including phenoxy) is 11. The fourth-order valence-electron chi connectivity index (χ4n) is 9.95. The second kappa shape index (κ2) is 31.1. The third kappa shape index (κ3) is 17.6. The van der Waals surface area contributed by atoms with E-state index >= 15 is 0 Å². The van der Waals surface area contributed by atoms with Gasteiger partial charge in [0.1, 0.15) is 103 Å². The molecule has 25 atom stereocenters. The lowest BCUT2D eigenvalue weighted by Gasteiger charge is -2.52. The van der Waals surface area contributed by atoms with Crippen LogP contribution in [-0.4, -0.2) is 256 Å². The lowest BCUT2D eigenvalue weighted by atomic mass is 9.93. The first-order chi connectivity index (χ1) is 37.4. The van der Waals surface area contributed by atoms with Crippen molar-refractivity contribution in [2.45, 2.75) is 253 Å². The summed E-state index contributed by atoms with van der Waals surface area (Å²) in [5.74, 6) is -2.08. The summed E-state index contributed by atoms with van der Waals surface area (Å²) in [6, 6.07) is -4.52. The molecule has 0 aromatic heterocycles. The van der Waals surface area contributed by atoms with Gasteiger partial charge in [0, 0.05) is 53.7 Å². The molecule has 0 saturated carbocycles. The SMILES string of the molecule is CNC(=O)CCCCC(=O)CCCCCCO[C@@H]1OC(C)[C@H](O)[C@H](O[C@@H]2OC(C)[C@@H](O[C@@H]3OC(CO)[C@@H](O)[C@H](O)C3O)[C@H](O[C@@H]3OC(OC=O)[C@@H](O)[C@H](O)C3O[C@@H]3OC(C)[C@@H](O)[C@H](O)C3NC(C)=O)C2NC(C)=O)C1NC(C)=O. The van der Waals surface area contributed by atoms with Gasteiger partial charge in [0.05, 0.1) is 24.9 Å². The Morgan fingerprint density at radius 3 is 1.59 bits per heavy atom. The highest BCUT2D eigenvalue weighted by Gasteiger charge is 2.58. The van der Waals surface area contributed by atoms with Gasteiger partial charge < -0.3 is 119 Å². The second-order valence-corrected chi connectivity index (χ2v) is 20.4. The van der Waals surface area contributed by atoms with Crippen molar-refractivity contribution in [3.8, 4) is 0 Å². The number of aliphatic hydroxyl groups is 9. The number of amides is 4. The molecule has 0 aromatic rings. The van der Waals surface area contributed by atoms with Gasteiger partial charge in [-0.25, -0.2) is 0 Å². The van der Waals surface area contributed by atoms with E-state index in [1.54, 1.807) is 7.05 Å². The zero-order chi connectivity index (χ0) is 58.4. The largest absolute Gasteiger partial charge is 0.435 e. The molecular formula is C49H82N4O26. The van der Waals surface area contributed by atoms with Gasteiger partial charge in [-0.15, -0.1) is 0 Å². The summed E-state index contributed by atoms with van der Waals surface area (Å²) in [5, 5.41) is 109. The first kappa shape index (κ1) is 66.1. The minimum Gasteiger partial charge on any atom is -0.435 e. The molecule has 5 saturated heterocycles. The van der Waals surface area contributed by atoms with Gasteiger partial charge in [-0.2, -0.15) is 0 Å². The fourth-order valence-corrected chi connectivity index (χ4v) is 9.95. The van der Waals surface area contributed by atoms with Crippen molar-refractivity contribution in [3.63, 3.8) is 0 Å². The van der Waals surface area contributed by atoms with Gasteiger partial charge in [0.2, 0.25) is 29.9 Å². The quantitative estimate of drug-likeness (QED) is 0.0270. The topological polar surface area (TPSA) is 434 Å². The molecule has 5 aliphatic rings. The zero-order valence-corrected chi connectivity index (χ0v) is 45.3. The summed E-state index contributed by atoms with van der Waals surface area (Å²) in [7, 11) is 1.56. The molecule has 0 radical (unpaired) electrons. The maximum atomic E-state index is 13.3. The number of carbonyl (C=O) groups excluding carboxylic acids is 6. The van der Waals surface area contributed by atoms with Crippen LogP contribution in [0.4, 0.5) is 0 Å². The van der Waals surface area contributed by atoms with E-state index in [4.69, 9.17) is 52.1 Å². The van der Waals surface area contributed by atoms with E-state index in [2.05, 4.69) is 21.3 Å². The van der Waals surface area contributed by atoms with E-state index in [-0.39, 0.29) is 24.8 Å². The highest BCUT2D eigenvalue weighted by Crippen LogP contribution is 2.38. The Morgan fingerprint density at radius 2 is 0.975 bits per heavy atom. The van der Waals surface area contributed by atoms with Crippen LogP contribution in [0.5, 0.6) is 0 Å². The number of unbranched alkanes of at least 4 members (excludes halogenated alkanes) is 4. The van der Waals surface area contributed by atoms with Crippen LogP contribution < -0.4 is 21.3 Å². The summed E-state index contributed by atoms with van der Waals surface area (Å²) >= 11 is 0. The molecule has 5 fully saturated rings. The van der Waals surface area contributed by atoms with E-state index in [0.29, 0.717) is 57.8 Å². The summed E-state index contributed by atoms with van der Waals surface area (Å²) in [4.78, 5) is 74.1. The van der Waals surface area contributed by atoms with Crippen molar-refractivity contribution in [2.75, 3.05) is 20.3 Å². The number of hydrogen-bond donors (Lipinski definition) is 13. The van der Waals surface area contributed by atoms with E-state index in [1.165, 1.54) is 27.7 Å². The van der Waals surface area contributed by atoms with Crippen LogP contribution in [0.15, 0.2) is 0 Å². The van der Waals surface area contributed by atoms with Gasteiger partial charge >= 0.3 is 0 Å². The van der Waals surface area contributed by atoms with Crippen molar-refractivity contribution in [2.24, 2.45) is 0 Å². The van der Waals surface area contributed by atoms with Crippen molar-refractivity contribution in [1.29, 1.82) is 0 Å². The molecule has 5 rings (SSSR count). The minimum absolute atomic E-state index is 0.0807. The molecule has 0 aliphatic carbocycles. The van der Waals surface area contributed by atoms with Crippen LogP contribution in [0.25, 0.3) is 0 Å². The van der Waals surface area contributed by atoms with Crippen LogP contribution in [0.2, 0.25) is 0 Å². The summed E-state index contributed by atoms with van der Waals surface area (Å²) in [6.45, 7) is 6.75. The molecule has 30 heteroatoms. The maximum Gasteiger partial charge on any atom is 0.295 e. The molecule has 30 nitrogen and oxygen atoms in total. The molecule has 79 heavy (non-hydrogen) atoms. The molecule has 0 bridgehead atoms. The van der Waals surface area contributed by atoms with Crippen LogP contribution >= 0.6 is 0 Å². The first-order valence-electron chi connectivity index (χ1n) is 26.6. The third-order valence-electron chi connectivity index (χ3n) is 14.3. The predicted molar refractivity (Wildman–Crippen MR) is 262 cm³/mol. The summed E-state index contributed by atoms with van der Waals surface area (Å²) in [5.41, 5.74) is 0. The number of hydrogen-bond acceptors (Lipinski definition) is 26. The molecule has 5 aliphatic heterocycles. The maximum absolute atomic E-state index is 13.3. The average Bonchev–Trinajstić information content (AvgIpc) is 3.57. The number of aliphatic hydroxyl groups excluding tert-OH is 9. The molecule has 13 N–H and O–H groups in total. The fraction of sp³-hybridized carbons (Fsp3) is 0.878. The molecule has 454 valence electrons. The highest BCUT2D eigenvalue weighted by molar-refractivity contribution is 5.78. The molecule has 0 spiro atoms. The lowest BCUT2D eigenvalue weighted by molar-refractivity contribution is -0.402. The van der Waals surface area contributed by atoms with E-state index in [0.717, 1.165) is 13.8 Å². The normalized spacial score (nSPS) is 40.6. The molecule has 0 aromatic carbocycles. The third-order valence-corrected chi connectivity index (χ3v) is 14.3. The summed E-state index contributed by atoms with van der Waals surface area (Å²) < 4.78 is 66.5. The van der Waals surface area contributed by atoms with Crippen molar-refractivity contribution < 1.29 is 127 Å². The Balaban J connectivity index is 1.46. The van der Waals surface area contributed by atoms with E-state index < -0.39 is 178 Å². The van der Waals surface area contributed by atoms with Crippen molar-refractivity contribution >= 4 is 35.9 Å². The Bertz CT molecular complexity index is 1960. The standard InChI is InChI=1S/C49H82N4O26/c1-20-32(61)35(64)29(51-23(4)56)45(72-20)78-43-37(66)39(68)47(70-19-55)79-49(43)77-42-31(53-25(6)58)46(73-22(3)40(42)75-48-38(67)36(65)34(63)27(18-54)74-48)76-41-30(52-24(5)57)44(71-21(2)33(41)62)69-17-13-9-8-10-14-26(59)15-11-12-16-28(60)50-7/h19-22,27,29-49,54,61-68H,8-18H2,1-7H3,(H,50,60)(H,51,56)(H,52,57)(H,53,58)/t20?,21?,22?,27?,29?,30?,31?,32-,33+,34-,35-,36+,37+,38?,39+,40-,41-,42-,43?,44-,45+,46+,47?,48+,49-/m1/s1. The van der Waals surface area contributed by atoms with Gasteiger partial charge in [-0.3, -0.25) is 28.8 Å². The van der Waals surface area contributed by atoms with Crippen molar-refractivity contribution in [1.82, 2.24) is 21.3 Å². The first-order valence-corrected chi connectivity index (χ1v) is 26.6. The van der Waals surface area contributed by atoms with E-state index in [1.807, 2.05) is 0 Å². The summed E-state index contributed by atoms with van der Waals surface area (Å²) in [6.07, 6.45) is -32.9. The number of nitrogens with one attached hydrogen (secondary N) is 4. The van der Waals surface area contributed by atoms with Crippen LogP contribution in [0.3, 0.4) is 0 Å². The Hall–Kier alpha value is -3.74. The monoisotopic (exact) mass is 1140 g/mol. The predicted octanol–water partition coefficient (Wildman–Crippen LogP) is -5.42. The number of ketones is 1. The van der Waals surface area contributed by atoms with E-state index in [9.17, 15) is 74.7 Å². The minimum atomic E-state index is -2.15. The Labute approximate surface area is 456 Å². The van der Waals surface area contributed by atoms with Gasteiger partial charge in [0.25, 0.3) is 6.47 Å². The highest BCUT2D eigenvalue weighted by atomic mass is 16.8. The molecule has 4 amide bonds. The van der Waals surface area contributed by atoms with Crippen LogP contribution in [0.1, 0.15) is 99.3 Å². The van der Waals surface area contributed by atoms with Crippen LogP contribution in [0, 0.1) is 0 Å². The number of rotatable bonds is 27. The average molecular weight is 1140 g/mol. The zero-order valence-electron chi connectivity index (χ0n) is 45.3. The Morgan fingerprint density at radius 1 is 0.468 bits per heavy atom. The van der Waals surface area contributed by atoms with Crippen molar-refractivity contribution in [3.05, 3.63) is 0 Å². The molecular weight excluding hydrogens is 1060 g/mol. The van der Waals surface area contributed by atoms with Gasteiger partial charge in [0.15, 0.2) is 31.5 Å². The number of Topliss-reactive ketones (excluding diaryl/α,β-unsaturated/α-hetero) is 1. The number of carbonyl (C=O) groups is 6. The van der Waals surface area contributed by atoms with Crippen LogP contribution in [-0.2, 0) is 80.9 Å². The van der Waals surface area contributed by atoms with Gasteiger partial charge in [-0.1, -0.05) is 12.8 Å². The molecule has 10 unspecified atom stereocenters. The molecule has 5 heterocycles. The van der Waals surface area contributed by atoms with Gasteiger partial charge in [-0.05, 0) is 46.5 Å². The second-order valence-electron chi connectivity index (χ2n) is 20.4. The lowest BCUT2D eigenvalue weighted by Crippen LogP contribution is -2.71.